The third-order valence-corrected chi connectivity index (χ3v) is 10.3. The Balaban J connectivity index is 2.05. The quantitative estimate of drug-likeness (QED) is 0.349. The minimum absolute atomic E-state index is 0.0661. The van der Waals surface area contributed by atoms with Crippen molar-refractivity contribution in [2.24, 2.45) is 0 Å². The topological polar surface area (TPSA) is 25.8 Å². The van der Waals surface area contributed by atoms with E-state index >= 15 is 0 Å². The fraction of sp³-hybridized carbons (Fsp3) is 0.333. The number of nitrogens with zero attached hydrogens (tertiary/aromatic N) is 2. The van der Waals surface area contributed by atoms with E-state index in [2.05, 4.69) is 88.7 Å². The lowest BCUT2D eigenvalue weighted by Gasteiger charge is -2.22. The summed E-state index contributed by atoms with van der Waals surface area (Å²) in [7, 11) is -1.42. The molecule has 2 heterocycles. The minimum Gasteiger partial charge on any atom is -0.235 e. The van der Waals surface area contributed by atoms with Crippen molar-refractivity contribution in [2.75, 3.05) is 0 Å². The number of rotatable bonds is 2. The molecule has 0 fully saturated rings. The van der Waals surface area contributed by atoms with Gasteiger partial charge in [0.25, 0.3) is 0 Å². The van der Waals surface area contributed by atoms with E-state index < -0.39 is 8.07 Å². The van der Waals surface area contributed by atoms with Gasteiger partial charge in [0.05, 0.1) is 24.0 Å². The second-order valence-electron chi connectivity index (χ2n) is 9.70. The third-order valence-electron chi connectivity index (χ3n) is 5.33. The largest absolute Gasteiger partial charge is 0.235 e. The van der Waals surface area contributed by atoms with E-state index in [0.29, 0.717) is 0 Å². The molecule has 28 heavy (non-hydrogen) atoms. The van der Waals surface area contributed by atoms with E-state index in [-0.39, 0.29) is 5.41 Å². The van der Waals surface area contributed by atoms with Gasteiger partial charge in [-0.1, -0.05) is 64.7 Å². The molecule has 0 unspecified atom stereocenters. The fourth-order valence-corrected chi connectivity index (χ4v) is 7.81. The molecule has 0 spiro atoms. The molecule has 0 aliphatic rings. The van der Waals surface area contributed by atoms with Gasteiger partial charge in [-0.3, -0.25) is 0 Å². The summed E-state index contributed by atoms with van der Waals surface area (Å²) in [5.41, 5.74) is 6.17. The number of thiophene rings is 1. The van der Waals surface area contributed by atoms with Crippen LogP contribution in [0.4, 0.5) is 0 Å². The SMILES string of the molecule is Cc1c([Si](C)(C)C)sc2c(-c3cc(C(C)(C)C)c4ccccc4c3)ncnc12. The standard InChI is InChI=1S/C24H28N2SSi/c1-15-20-22(27-23(15)28(5,6)7)21(26-14-25-20)17-12-16-10-8-9-11-18(16)19(13-17)24(2,3)4/h8-14H,1-7H3. The van der Waals surface area contributed by atoms with Crippen LogP contribution in [0, 0.1) is 6.92 Å². The molecule has 0 saturated heterocycles. The highest BCUT2D eigenvalue weighted by atomic mass is 32.1. The van der Waals surface area contributed by atoms with Crippen molar-refractivity contribution in [3.63, 3.8) is 0 Å². The first-order valence-electron chi connectivity index (χ1n) is 9.85. The Morgan fingerprint density at radius 1 is 0.964 bits per heavy atom. The van der Waals surface area contributed by atoms with E-state index in [9.17, 15) is 0 Å². The zero-order chi connectivity index (χ0) is 20.3. The van der Waals surface area contributed by atoms with Gasteiger partial charge in [0, 0.05) is 5.56 Å². The number of benzene rings is 2. The first-order chi connectivity index (χ1) is 13.1. The van der Waals surface area contributed by atoms with Crippen LogP contribution in [0.1, 0.15) is 31.9 Å². The van der Waals surface area contributed by atoms with E-state index in [4.69, 9.17) is 4.98 Å². The molecular formula is C24H28N2SSi. The van der Waals surface area contributed by atoms with Crippen molar-refractivity contribution in [2.45, 2.75) is 52.8 Å². The molecular weight excluding hydrogens is 376 g/mol. The summed E-state index contributed by atoms with van der Waals surface area (Å²) < 4.78 is 2.76. The van der Waals surface area contributed by atoms with Gasteiger partial charge in [0.15, 0.2) is 0 Å². The Labute approximate surface area is 172 Å². The highest BCUT2D eigenvalue weighted by Crippen LogP contribution is 2.37. The van der Waals surface area contributed by atoms with Crippen LogP contribution in [-0.2, 0) is 5.41 Å². The van der Waals surface area contributed by atoms with E-state index in [1.54, 1.807) is 6.33 Å². The van der Waals surface area contributed by atoms with Crippen LogP contribution in [0.15, 0.2) is 42.7 Å². The zero-order valence-electron chi connectivity index (χ0n) is 17.8. The van der Waals surface area contributed by atoms with Crippen molar-refractivity contribution in [3.05, 3.63) is 53.9 Å². The molecule has 0 bridgehead atoms. The van der Waals surface area contributed by atoms with Crippen molar-refractivity contribution >= 4 is 44.9 Å². The molecule has 4 heteroatoms. The summed E-state index contributed by atoms with van der Waals surface area (Å²) in [6, 6.07) is 13.3. The molecule has 0 amide bonds. The summed E-state index contributed by atoms with van der Waals surface area (Å²) >= 11 is 1.91. The van der Waals surface area contributed by atoms with Crippen molar-refractivity contribution in [1.82, 2.24) is 9.97 Å². The second-order valence-corrected chi connectivity index (χ2v) is 16.1. The van der Waals surface area contributed by atoms with Crippen molar-refractivity contribution < 1.29 is 0 Å². The molecule has 0 radical (unpaired) electrons. The van der Waals surface area contributed by atoms with Gasteiger partial charge >= 0.3 is 0 Å². The molecule has 0 atom stereocenters. The fourth-order valence-electron chi connectivity index (χ4n) is 4.01. The number of aromatic nitrogens is 2. The van der Waals surface area contributed by atoms with Crippen LogP contribution in [-0.4, -0.2) is 18.0 Å². The molecule has 4 rings (SSSR count). The Hall–Kier alpha value is -2.04. The van der Waals surface area contributed by atoms with Gasteiger partial charge in [-0.2, -0.15) is 0 Å². The number of fused-ring (bicyclic) bond motifs is 2. The lowest BCUT2D eigenvalue weighted by Crippen LogP contribution is -2.36. The van der Waals surface area contributed by atoms with Crippen molar-refractivity contribution in [1.29, 1.82) is 0 Å². The van der Waals surface area contributed by atoms with Crippen LogP contribution in [0.25, 0.3) is 32.2 Å². The monoisotopic (exact) mass is 404 g/mol. The molecule has 2 aromatic heterocycles. The number of hydrogen-bond acceptors (Lipinski definition) is 3. The predicted octanol–water partition coefficient (Wildman–Crippen LogP) is 6.66. The Morgan fingerprint density at radius 2 is 1.68 bits per heavy atom. The Kier molecular flexibility index (Phi) is 4.47. The summed E-state index contributed by atoms with van der Waals surface area (Å²) in [6.45, 7) is 16.3. The summed E-state index contributed by atoms with van der Waals surface area (Å²) in [5, 5.41) is 2.60. The minimum atomic E-state index is -1.42. The smallest absolute Gasteiger partial charge is 0.116 e. The van der Waals surface area contributed by atoms with Crippen LogP contribution in [0.2, 0.25) is 19.6 Å². The van der Waals surface area contributed by atoms with Crippen LogP contribution in [0.3, 0.4) is 0 Å². The highest BCUT2D eigenvalue weighted by molar-refractivity contribution is 7.32. The summed E-state index contributed by atoms with van der Waals surface area (Å²) in [4.78, 5) is 9.41. The maximum absolute atomic E-state index is 4.76. The molecule has 2 aromatic carbocycles. The average molecular weight is 405 g/mol. The van der Waals surface area contributed by atoms with Gasteiger partial charge in [0.1, 0.15) is 6.33 Å². The van der Waals surface area contributed by atoms with E-state index in [1.807, 2.05) is 11.3 Å². The second kappa shape index (κ2) is 6.50. The lowest BCUT2D eigenvalue weighted by molar-refractivity contribution is 0.596. The Morgan fingerprint density at radius 3 is 2.36 bits per heavy atom. The lowest BCUT2D eigenvalue weighted by atomic mass is 9.82. The number of hydrogen-bond donors (Lipinski definition) is 0. The van der Waals surface area contributed by atoms with Crippen molar-refractivity contribution in [3.8, 4) is 11.3 Å². The molecule has 2 nitrogen and oxygen atoms in total. The summed E-state index contributed by atoms with van der Waals surface area (Å²) in [6.07, 6.45) is 1.73. The summed E-state index contributed by atoms with van der Waals surface area (Å²) in [5.74, 6) is 0. The molecule has 0 aliphatic heterocycles. The van der Waals surface area contributed by atoms with Crippen LogP contribution in [0.5, 0.6) is 0 Å². The Bertz CT molecular complexity index is 1190. The third kappa shape index (κ3) is 3.19. The maximum Gasteiger partial charge on any atom is 0.116 e. The van der Waals surface area contributed by atoms with Crippen LogP contribution >= 0.6 is 11.3 Å². The normalized spacial score (nSPS) is 12.8. The van der Waals surface area contributed by atoms with Gasteiger partial charge in [-0.15, -0.1) is 11.3 Å². The first kappa shape index (κ1) is 19.3. The highest BCUT2D eigenvalue weighted by Gasteiger charge is 2.26. The zero-order valence-corrected chi connectivity index (χ0v) is 19.7. The van der Waals surface area contributed by atoms with Gasteiger partial charge in [0.2, 0.25) is 0 Å². The van der Waals surface area contributed by atoms with E-state index in [0.717, 1.165) is 11.2 Å². The molecule has 144 valence electrons. The predicted molar refractivity (Wildman–Crippen MR) is 127 cm³/mol. The van der Waals surface area contributed by atoms with Gasteiger partial charge in [-0.05, 0) is 50.9 Å². The average Bonchev–Trinajstić information content (AvgIpc) is 2.97. The maximum atomic E-state index is 4.76. The van der Waals surface area contributed by atoms with Crippen LogP contribution < -0.4 is 4.50 Å². The van der Waals surface area contributed by atoms with Gasteiger partial charge < -0.3 is 0 Å². The van der Waals surface area contributed by atoms with E-state index in [1.165, 1.54) is 36.7 Å². The molecule has 4 aromatic rings. The molecule has 0 N–H and O–H groups in total. The molecule has 0 saturated carbocycles. The first-order valence-corrected chi connectivity index (χ1v) is 14.2. The molecule has 0 aliphatic carbocycles. The van der Waals surface area contributed by atoms with Gasteiger partial charge in [-0.25, -0.2) is 9.97 Å². The number of aryl methyl sites for hydroxylation is 1.